The zero-order chi connectivity index (χ0) is 13.2. The predicted molar refractivity (Wildman–Crippen MR) is 71.8 cm³/mol. The van der Waals surface area contributed by atoms with Crippen LogP contribution in [0.15, 0.2) is 18.2 Å². The first-order valence-electron chi connectivity index (χ1n) is 6.30. The fourth-order valence-corrected chi connectivity index (χ4v) is 1.91. The fourth-order valence-electron chi connectivity index (χ4n) is 1.91. The highest BCUT2D eigenvalue weighted by Gasteiger charge is 2.15. The van der Waals surface area contributed by atoms with Crippen molar-refractivity contribution in [2.45, 2.75) is 32.4 Å². The molecule has 2 rings (SSSR count). The number of hydrogen-bond donors (Lipinski definition) is 1. The Labute approximate surface area is 109 Å². The highest BCUT2D eigenvalue weighted by atomic mass is 16.7. The summed E-state index contributed by atoms with van der Waals surface area (Å²) in [4.78, 5) is 2.27. The van der Waals surface area contributed by atoms with Gasteiger partial charge in [0.25, 0.3) is 0 Å². The Bertz CT molecular complexity index is 413. The fraction of sp³-hybridized carbons (Fsp3) is 0.571. The van der Waals surface area contributed by atoms with E-state index in [-0.39, 0.29) is 5.54 Å². The Morgan fingerprint density at radius 3 is 2.72 bits per heavy atom. The molecule has 0 amide bonds. The normalized spacial score (nSPS) is 14.3. The van der Waals surface area contributed by atoms with Crippen molar-refractivity contribution in [3.8, 4) is 11.5 Å². The molecule has 0 saturated heterocycles. The van der Waals surface area contributed by atoms with Crippen LogP contribution in [-0.2, 0) is 6.54 Å². The van der Waals surface area contributed by atoms with E-state index in [0.29, 0.717) is 6.79 Å². The molecule has 1 aromatic carbocycles. The molecule has 0 radical (unpaired) electrons. The molecule has 4 heteroatoms. The molecule has 1 aliphatic rings. The molecule has 0 aliphatic carbocycles. The molecule has 1 aliphatic heterocycles. The van der Waals surface area contributed by atoms with Gasteiger partial charge >= 0.3 is 0 Å². The Balaban J connectivity index is 1.89. The van der Waals surface area contributed by atoms with E-state index in [1.807, 2.05) is 12.1 Å². The minimum absolute atomic E-state index is 0.108. The predicted octanol–water partition coefficient (Wildman–Crippen LogP) is 1.97. The summed E-state index contributed by atoms with van der Waals surface area (Å²) in [5.74, 6) is 1.68. The maximum atomic E-state index is 5.99. The molecule has 0 spiro atoms. The molecule has 100 valence electrons. The smallest absolute Gasteiger partial charge is 0.231 e. The first kappa shape index (κ1) is 13.2. The van der Waals surface area contributed by atoms with Gasteiger partial charge in [0.1, 0.15) is 0 Å². The van der Waals surface area contributed by atoms with E-state index in [9.17, 15) is 0 Å². The van der Waals surface area contributed by atoms with E-state index < -0.39 is 0 Å². The van der Waals surface area contributed by atoms with Gasteiger partial charge in [0.2, 0.25) is 6.79 Å². The summed E-state index contributed by atoms with van der Waals surface area (Å²) in [6.45, 7) is 6.32. The van der Waals surface area contributed by atoms with Crippen molar-refractivity contribution in [2.75, 3.05) is 20.4 Å². The van der Waals surface area contributed by atoms with Crippen LogP contribution in [0.5, 0.6) is 11.5 Å². The number of hydrogen-bond acceptors (Lipinski definition) is 4. The second-order valence-corrected chi connectivity index (χ2v) is 5.66. The molecular formula is C14H22N2O2. The molecule has 0 fully saturated rings. The monoisotopic (exact) mass is 250 g/mol. The second kappa shape index (κ2) is 5.16. The van der Waals surface area contributed by atoms with Crippen LogP contribution in [0.25, 0.3) is 0 Å². The van der Waals surface area contributed by atoms with E-state index >= 15 is 0 Å². The number of rotatable bonds is 5. The highest BCUT2D eigenvalue weighted by molar-refractivity contribution is 5.44. The zero-order valence-electron chi connectivity index (χ0n) is 11.4. The van der Waals surface area contributed by atoms with Crippen LogP contribution in [-0.4, -0.2) is 30.8 Å². The van der Waals surface area contributed by atoms with Gasteiger partial charge in [-0.3, -0.25) is 0 Å². The van der Waals surface area contributed by atoms with Gasteiger partial charge in [-0.05, 0) is 51.6 Å². The van der Waals surface area contributed by atoms with Gasteiger partial charge < -0.3 is 20.1 Å². The summed E-state index contributed by atoms with van der Waals surface area (Å²) in [5, 5.41) is 0. The van der Waals surface area contributed by atoms with Crippen molar-refractivity contribution in [1.82, 2.24) is 4.90 Å². The molecule has 0 saturated carbocycles. The molecule has 0 atom stereocenters. The third-order valence-corrected chi connectivity index (χ3v) is 3.03. The Morgan fingerprint density at radius 1 is 1.28 bits per heavy atom. The average molecular weight is 250 g/mol. The first-order chi connectivity index (χ1) is 8.44. The van der Waals surface area contributed by atoms with Crippen molar-refractivity contribution in [3.63, 3.8) is 0 Å². The third kappa shape index (κ3) is 3.62. The summed E-state index contributed by atoms with van der Waals surface area (Å²) >= 11 is 0. The number of fused-ring (bicyclic) bond motifs is 1. The van der Waals surface area contributed by atoms with E-state index in [4.69, 9.17) is 15.2 Å². The second-order valence-electron chi connectivity index (χ2n) is 5.66. The van der Waals surface area contributed by atoms with Gasteiger partial charge in [0.15, 0.2) is 11.5 Å². The molecule has 1 aromatic rings. The number of nitrogens with two attached hydrogens (primary N) is 1. The molecular weight excluding hydrogens is 228 g/mol. The van der Waals surface area contributed by atoms with Crippen molar-refractivity contribution < 1.29 is 9.47 Å². The van der Waals surface area contributed by atoms with Crippen molar-refractivity contribution in [3.05, 3.63) is 23.8 Å². The summed E-state index contributed by atoms with van der Waals surface area (Å²) in [7, 11) is 2.11. The SMILES string of the molecule is CN(CCC(C)(C)N)Cc1ccc2c(c1)OCO2. The number of nitrogens with zero attached hydrogens (tertiary/aromatic N) is 1. The minimum atomic E-state index is -0.108. The van der Waals surface area contributed by atoms with Crippen LogP contribution < -0.4 is 15.2 Å². The van der Waals surface area contributed by atoms with Crippen LogP contribution >= 0.6 is 0 Å². The Kier molecular flexibility index (Phi) is 3.78. The molecule has 4 nitrogen and oxygen atoms in total. The van der Waals surface area contributed by atoms with Gasteiger partial charge in [-0.1, -0.05) is 6.07 Å². The minimum Gasteiger partial charge on any atom is -0.454 e. The lowest BCUT2D eigenvalue weighted by molar-refractivity contribution is 0.174. The lowest BCUT2D eigenvalue weighted by atomic mass is 10.0. The molecule has 18 heavy (non-hydrogen) atoms. The Hall–Kier alpha value is -1.26. The Morgan fingerprint density at radius 2 is 2.00 bits per heavy atom. The van der Waals surface area contributed by atoms with E-state index in [0.717, 1.165) is 31.0 Å². The van der Waals surface area contributed by atoms with Gasteiger partial charge in [-0.15, -0.1) is 0 Å². The largest absolute Gasteiger partial charge is 0.454 e. The van der Waals surface area contributed by atoms with E-state index in [2.05, 4.69) is 31.9 Å². The average Bonchev–Trinajstić information content (AvgIpc) is 2.72. The van der Waals surface area contributed by atoms with Crippen molar-refractivity contribution in [2.24, 2.45) is 5.73 Å². The topological polar surface area (TPSA) is 47.7 Å². The summed E-state index contributed by atoms with van der Waals surface area (Å²) < 4.78 is 10.7. The van der Waals surface area contributed by atoms with E-state index in [1.54, 1.807) is 0 Å². The summed E-state index contributed by atoms with van der Waals surface area (Å²) in [6.07, 6.45) is 0.980. The zero-order valence-corrected chi connectivity index (χ0v) is 11.4. The maximum Gasteiger partial charge on any atom is 0.231 e. The van der Waals surface area contributed by atoms with Gasteiger partial charge in [-0.25, -0.2) is 0 Å². The number of benzene rings is 1. The van der Waals surface area contributed by atoms with Gasteiger partial charge in [0, 0.05) is 12.1 Å². The molecule has 2 N–H and O–H groups in total. The van der Waals surface area contributed by atoms with Crippen LogP contribution in [0.3, 0.4) is 0 Å². The molecule has 0 bridgehead atoms. The van der Waals surface area contributed by atoms with Crippen molar-refractivity contribution in [1.29, 1.82) is 0 Å². The highest BCUT2D eigenvalue weighted by Crippen LogP contribution is 2.32. The van der Waals surface area contributed by atoms with Crippen molar-refractivity contribution >= 4 is 0 Å². The summed E-state index contributed by atoms with van der Waals surface area (Å²) in [6, 6.07) is 6.10. The standard InChI is InChI=1S/C14H22N2O2/c1-14(2,15)6-7-16(3)9-11-4-5-12-13(8-11)18-10-17-12/h4-5,8H,6-7,9-10,15H2,1-3H3. The van der Waals surface area contributed by atoms with Gasteiger partial charge in [0.05, 0.1) is 0 Å². The molecule has 0 unspecified atom stereocenters. The third-order valence-electron chi connectivity index (χ3n) is 3.03. The molecule has 0 aromatic heterocycles. The van der Waals surface area contributed by atoms with E-state index in [1.165, 1.54) is 5.56 Å². The lowest BCUT2D eigenvalue weighted by Crippen LogP contribution is -2.36. The van der Waals surface area contributed by atoms with Crippen LogP contribution in [0.2, 0.25) is 0 Å². The maximum absolute atomic E-state index is 5.99. The lowest BCUT2D eigenvalue weighted by Gasteiger charge is -2.23. The number of ether oxygens (including phenoxy) is 2. The summed E-state index contributed by atoms with van der Waals surface area (Å²) in [5.41, 5.74) is 7.11. The van der Waals surface area contributed by atoms with Crippen LogP contribution in [0, 0.1) is 0 Å². The van der Waals surface area contributed by atoms with Gasteiger partial charge in [-0.2, -0.15) is 0 Å². The van der Waals surface area contributed by atoms with Crippen LogP contribution in [0.1, 0.15) is 25.8 Å². The molecule has 1 heterocycles. The van der Waals surface area contributed by atoms with Crippen LogP contribution in [0.4, 0.5) is 0 Å². The first-order valence-corrected chi connectivity index (χ1v) is 6.30. The quantitative estimate of drug-likeness (QED) is 0.868.